The van der Waals surface area contributed by atoms with Gasteiger partial charge in [-0.1, -0.05) is 17.3 Å². The normalized spacial score (nSPS) is 15.3. The first-order chi connectivity index (χ1) is 9.15. The van der Waals surface area contributed by atoms with Crippen molar-refractivity contribution in [2.24, 2.45) is 0 Å². The van der Waals surface area contributed by atoms with E-state index in [-0.39, 0.29) is 11.9 Å². The number of urea groups is 1. The zero-order valence-electron chi connectivity index (χ0n) is 10.5. The molecule has 3 rings (SSSR count). The number of amides is 2. The predicted octanol–water partition coefficient (Wildman–Crippen LogP) is 1.80. The minimum atomic E-state index is 0.0263. The Balaban J connectivity index is 1.85. The third kappa shape index (κ3) is 2.01. The second kappa shape index (κ2) is 4.31. The molecule has 98 valence electrons. The van der Waals surface area contributed by atoms with Gasteiger partial charge in [0.15, 0.2) is 0 Å². The highest BCUT2D eigenvalue weighted by atomic mass is 16.5. The van der Waals surface area contributed by atoms with E-state index in [0.717, 1.165) is 17.8 Å². The Morgan fingerprint density at radius 1 is 1.26 bits per heavy atom. The molecule has 2 amide bonds. The average Bonchev–Trinajstić information content (AvgIpc) is 2.98. The molecule has 1 aliphatic heterocycles. The Morgan fingerprint density at radius 3 is 2.53 bits per heavy atom. The first-order valence-corrected chi connectivity index (χ1v) is 6.00. The molecule has 0 atom stereocenters. The summed E-state index contributed by atoms with van der Waals surface area (Å²) in [5, 5.41) is 3.85. The lowest BCUT2D eigenvalue weighted by Crippen LogP contribution is -2.29. The summed E-state index contributed by atoms with van der Waals surface area (Å²) in [5.74, 6) is 0.287. The molecule has 0 saturated carbocycles. The van der Waals surface area contributed by atoms with Crippen molar-refractivity contribution in [1.82, 2.24) is 10.1 Å². The SMILES string of the molecule is CN1CCN(c2ccc(-c3cc(N)on3)cc2)C1=O. The maximum atomic E-state index is 11.9. The van der Waals surface area contributed by atoms with Crippen LogP contribution in [-0.2, 0) is 0 Å². The highest BCUT2D eigenvalue weighted by Crippen LogP contribution is 2.25. The van der Waals surface area contributed by atoms with Crippen LogP contribution in [0.4, 0.5) is 16.4 Å². The topological polar surface area (TPSA) is 75.6 Å². The molecule has 6 nitrogen and oxygen atoms in total. The molecular weight excluding hydrogens is 244 g/mol. The van der Waals surface area contributed by atoms with Crippen molar-refractivity contribution in [3.8, 4) is 11.3 Å². The number of hydrogen-bond acceptors (Lipinski definition) is 4. The molecule has 1 aromatic carbocycles. The van der Waals surface area contributed by atoms with Gasteiger partial charge in [0.1, 0.15) is 5.69 Å². The van der Waals surface area contributed by atoms with Gasteiger partial charge in [0.2, 0.25) is 5.88 Å². The third-order valence-electron chi connectivity index (χ3n) is 3.22. The predicted molar refractivity (Wildman–Crippen MR) is 71.7 cm³/mol. The van der Waals surface area contributed by atoms with Crippen LogP contribution in [-0.4, -0.2) is 36.2 Å². The fourth-order valence-electron chi connectivity index (χ4n) is 2.12. The summed E-state index contributed by atoms with van der Waals surface area (Å²) in [6.07, 6.45) is 0. The van der Waals surface area contributed by atoms with Crippen LogP contribution in [0.1, 0.15) is 0 Å². The number of likely N-dealkylation sites (N-methyl/N-ethyl adjacent to an activating group) is 1. The van der Waals surface area contributed by atoms with Crippen molar-refractivity contribution in [3.63, 3.8) is 0 Å². The van der Waals surface area contributed by atoms with Crippen molar-refractivity contribution >= 4 is 17.6 Å². The molecule has 2 heterocycles. The van der Waals surface area contributed by atoms with Gasteiger partial charge in [-0.25, -0.2) is 4.79 Å². The number of nitrogens with zero attached hydrogens (tertiary/aromatic N) is 3. The Labute approximate surface area is 110 Å². The molecule has 0 radical (unpaired) electrons. The van der Waals surface area contributed by atoms with E-state index in [4.69, 9.17) is 10.3 Å². The van der Waals surface area contributed by atoms with Crippen LogP contribution in [0.3, 0.4) is 0 Å². The van der Waals surface area contributed by atoms with Gasteiger partial charge in [-0.3, -0.25) is 4.90 Å². The molecule has 19 heavy (non-hydrogen) atoms. The number of anilines is 2. The van der Waals surface area contributed by atoms with E-state index in [1.54, 1.807) is 22.9 Å². The molecule has 0 aliphatic carbocycles. The lowest BCUT2D eigenvalue weighted by molar-refractivity contribution is 0.229. The van der Waals surface area contributed by atoms with Crippen LogP contribution < -0.4 is 10.6 Å². The quantitative estimate of drug-likeness (QED) is 0.891. The summed E-state index contributed by atoms with van der Waals surface area (Å²) in [4.78, 5) is 15.3. The van der Waals surface area contributed by atoms with E-state index in [9.17, 15) is 4.79 Å². The average molecular weight is 258 g/mol. The van der Waals surface area contributed by atoms with Crippen LogP contribution in [0.2, 0.25) is 0 Å². The standard InChI is InChI=1S/C13H14N4O2/c1-16-6-7-17(13(16)18)10-4-2-9(3-5-10)11-8-12(14)19-15-11/h2-5,8H,6-7,14H2,1H3. The van der Waals surface area contributed by atoms with Gasteiger partial charge < -0.3 is 15.2 Å². The van der Waals surface area contributed by atoms with Crippen LogP contribution in [0.15, 0.2) is 34.9 Å². The number of nitrogen functional groups attached to an aromatic ring is 1. The van der Waals surface area contributed by atoms with E-state index in [1.807, 2.05) is 24.3 Å². The summed E-state index contributed by atoms with van der Waals surface area (Å²) in [7, 11) is 1.80. The van der Waals surface area contributed by atoms with E-state index >= 15 is 0 Å². The molecule has 0 unspecified atom stereocenters. The third-order valence-corrected chi connectivity index (χ3v) is 3.22. The van der Waals surface area contributed by atoms with Gasteiger partial charge in [0, 0.05) is 37.5 Å². The van der Waals surface area contributed by atoms with E-state index in [2.05, 4.69) is 5.16 Å². The lowest BCUT2D eigenvalue weighted by atomic mass is 10.1. The van der Waals surface area contributed by atoms with Crippen molar-refractivity contribution in [2.75, 3.05) is 30.8 Å². The zero-order chi connectivity index (χ0) is 13.4. The minimum absolute atomic E-state index is 0.0263. The lowest BCUT2D eigenvalue weighted by Gasteiger charge is -2.16. The molecule has 1 fully saturated rings. The number of carbonyl (C=O) groups is 1. The molecule has 1 aromatic heterocycles. The first kappa shape index (κ1) is 11.6. The number of nitrogens with two attached hydrogens (primary N) is 1. The second-order valence-corrected chi connectivity index (χ2v) is 4.52. The first-order valence-electron chi connectivity index (χ1n) is 6.00. The van der Waals surface area contributed by atoms with Crippen LogP contribution >= 0.6 is 0 Å². The zero-order valence-corrected chi connectivity index (χ0v) is 10.5. The van der Waals surface area contributed by atoms with Crippen LogP contribution in [0, 0.1) is 0 Å². The van der Waals surface area contributed by atoms with Gasteiger partial charge in [-0.15, -0.1) is 0 Å². The number of hydrogen-bond donors (Lipinski definition) is 1. The van der Waals surface area contributed by atoms with E-state index in [0.29, 0.717) is 12.2 Å². The molecule has 6 heteroatoms. The van der Waals surface area contributed by atoms with Gasteiger partial charge in [-0.2, -0.15) is 0 Å². The van der Waals surface area contributed by atoms with Crippen molar-refractivity contribution in [3.05, 3.63) is 30.3 Å². The monoisotopic (exact) mass is 258 g/mol. The smallest absolute Gasteiger partial charge is 0.324 e. The highest BCUT2D eigenvalue weighted by Gasteiger charge is 2.26. The largest absolute Gasteiger partial charge is 0.368 e. The molecule has 2 N–H and O–H groups in total. The number of aromatic nitrogens is 1. The molecule has 1 saturated heterocycles. The van der Waals surface area contributed by atoms with Gasteiger partial charge in [-0.05, 0) is 12.1 Å². The fraction of sp³-hybridized carbons (Fsp3) is 0.231. The maximum Gasteiger partial charge on any atom is 0.324 e. The molecule has 0 spiro atoms. The number of carbonyl (C=O) groups excluding carboxylic acids is 1. The fourth-order valence-corrected chi connectivity index (χ4v) is 2.12. The summed E-state index contributed by atoms with van der Waals surface area (Å²) in [5.41, 5.74) is 7.97. The summed E-state index contributed by atoms with van der Waals surface area (Å²) in [6, 6.07) is 9.30. The maximum absolute atomic E-state index is 11.9. The summed E-state index contributed by atoms with van der Waals surface area (Å²) < 4.78 is 4.84. The highest BCUT2D eigenvalue weighted by molar-refractivity contribution is 5.94. The molecule has 0 bridgehead atoms. The summed E-state index contributed by atoms with van der Waals surface area (Å²) in [6.45, 7) is 1.46. The van der Waals surface area contributed by atoms with E-state index in [1.165, 1.54) is 0 Å². The van der Waals surface area contributed by atoms with Crippen LogP contribution in [0.5, 0.6) is 0 Å². The summed E-state index contributed by atoms with van der Waals surface area (Å²) >= 11 is 0. The Morgan fingerprint density at radius 2 is 2.00 bits per heavy atom. The molecule has 2 aromatic rings. The Kier molecular flexibility index (Phi) is 2.63. The van der Waals surface area contributed by atoms with Crippen molar-refractivity contribution in [1.29, 1.82) is 0 Å². The van der Waals surface area contributed by atoms with Gasteiger partial charge in [0.25, 0.3) is 0 Å². The Hall–Kier alpha value is -2.50. The molecular formula is C13H14N4O2. The van der Waals surface area contributed by atoms with Gasteiger partial charge >= 0.3 is 6.03 Å². The van der Waals surface area contributed by atoms with Gasteiger partial charge in [0.05, 0.1) is 0 Å². The molecule has 1 aliphatic rings. The minimum Gasteiger partial charge on any atom is -0.368 e. The van der Waals surface area contributed by atoms with Crippen molar-refractivity contribution in [2.45, 2.75) is 0 Å². The van der Waals surface area contributed by atoms with E-state index < -0.39 is 0 Å². The second-order valence-electron chi connectivity index (χ2n) is 4.52. The van der Waals surface area contributed by atoms with Crippen LogP contribution in [0.25, 0.3) is 11.3 Å². The number of rotatable bonds is 2. The number of benzene rings is 1. The van der Waals surface area contributed by atoms with Crippen molar-refractivity contribution < 1.29 is 9.32 Å². The Bertz CT molecular complexity index is 605.